The normalized spacial score (nSPS) is 25.4. The SMILES string of the molecule is C[Si](C)(C)/C=C/[C@H]1CCCCO[C@@H]1c1ccccc1. The Labute approximate surface area is 118 Å². The molecule has 1 fully saturated rings. The molecule has 0 saturated carbocycles. The third kappa shape index (κ3) is 4.63. The van der Waals surface area contributed by atoms with E-state index in [4.69, 9.17) is 4.74 Å². The second-order valence-corrected chi connectivity index (χ2v) is 11.7. The minimum absolute atomic E-state index is 0.247. The van der Waals surface area contributed by atoms with Crippen LogP contribution in [0.3, 0.4) is 0 Å². The van der Waals surface area contributed by atoms with Crippen molar-refractivity contribution in [2.24, 2.45) is 5.92 Å². The Morgan fingerprint density at radius 3 is 2.53 bits per heavy atom. The predicted octanol–water partition coefficient (Wildman–Crippen LogP) is 4.98. The zero-order chi connectivity index (χ0) is 13.7. The molecule has 1 aliphatic rings. The standard InChI is InChI=1S/C17H26OSi/c1-19(2,3)14-12-16-11-7-8-13-18-17(16)15-9-5-4-6-10-15/h4-6,9-10,12,14,16-17H,7-8,11,13H2,1-3H3/b14-12+/t16-,17-/m1/s1. The topological polar surface area (TPSA) is 9.23 Å². The van der Waals surface area contributed by atoms with E-state index in [1.54, 1.807) is 0 Å². The van der Waals surface area contributed by atoms with Gasteiger partial charge in [-0.25, -0.2) is 0 Å². The first-order valence-corrected chi connectivity index (χ1v) is 11.0. The molecule has 0 aliphatic carbocycles. The first kappa shape index (κ1) is 14.5. The monoisotopic (exact) mass is 274 g/mol. The molecule has 0 amide bonds. The summed E-state index contributed by atoms with van der Waals surface area (Å²) in [6.07, 6.45) is 6.41. The van der Waals surface area contributed by atoms with Gasteiger partial charge in [0.2, 0.25) is 0 Å². The van der Waals surface area contributed by atoms with Crippen LogP contribution in [0.2, 0.25) is 19.6 Å². The Bertz CT molecular complexity index is 405. The van der Waals surface area contributed by atoms with E-state index in [0.717, 1.165) is 6.61 Å². The lowest BCUT2D eigenvalue weighted by atomic mass is 9.92. The van der Waals surface area contributed by atoms with Gasteiger partial charge in [-0.15, -0.1) is 0 Å². The summed E-state index contributed by atoms with van der Waals surface area (Å²) in [5, 5.41) is 0. The van der Waals surface area contributed by atoms with Crippen LogP contribution in [0.1, 0.15) is 30.9 Å². The fraction of sp³-hybridized carbons (Fsp3) is 0.529. The van der Waals surface area contributed by atoms with Gasteiger partial charge >= 0.3 is 0 Å². The Hall–Kier alpha value is -0.863. The Morgan fingerprint density at radius 1 is 1.11 bits per heavy atom. The predicted molar refractivity (Wildman–Crippen MR) is 85.0 cm³/mol. The molecule has 1 aliphatic heterocycles. The number of benzene rings is 1. The van der Waals surface area contributed by atoms with Gasteiger partial charge in [-0.1, -0.05) is 68.2 Å². The Kier molecular flexibility index (Phi) is 5.00. The van der Waals surface area contributed by atoms with Crippen LogP contribution < -0.4 is 0 Å². The summed E-state index contributed by atoms with van der Waals surface area (Å²) in [6, 6.07) is 10.7. The van der Waals surface area contributed by atoms with Crippen molar-refractivity contribution < 1.29 is 4.74 Å². The molecular weight excluding hydrogens is 248 g/mol. The average Bonchev–Trinajstić information content (AvgIpc) is 2.62. The molecule has 1 aromatic rings. The molecule has 2 heteroatoms. The summed E-state index contributed by atoms with van der Waals surface area (Å²) in [7, 11) is -1.12. The van der Waals surface area contributed by atoms with Gasteiger partial charge in [0.15, 0.2) is 0 Å². The summed E-state index contributed by atoms with van der Waals surface area (Å²) < 4.78 is 6.13. The second-order valence-electron chi connectivity index (χ2n) is 6.59. The summed E-state index contributed by atoms with van der Waals surface area (Å²) in [5.74, 6) is 0.539. The Morgan fingerprint density at radius 2 is 1.84 bits per heavy atom. The summed E-state index contributed by atoms with van der Waals surface area (Å²) >= 11 is 0. The highest BCUT2D eigenvalue weighted by atomic mass is 28.3. The van der Waals surface area contributed by atoms with E-state index in [9.17, 15) is 0 Å². The molecule has 19 heavy (non-hydrogen) atoms. The van der Waals surface area contributed by atoms with Gasteiger partial charge in [-0.2, -0.15) is 0 Å². The second kappa shape index (κ2) is 6.53. The lowest BCUT2D eigenvalue weighted by Crippen LogP contribution is -2.18. The molecule has 1 saturated heterocycles. The lowest BCUT2D eigenvalue weighted by molar-refractivity contribution is 0.0372. The first-order chi connectivity index (χ1) is 9.06. The van der Waals surface area contributed by atoms with Gasteiger partial charge in [-0.3, -0.25) is 0 Å². The van der Waals surface area contributed by atoms with Crippen molar-refractivity contribution in [1.82, 2.24) is 0 Å². The minimum Gasteiger partial charge on any atom is -0.373 e. The van der Waals surface area contributed by atoms with Crippen molar-refractivity contribution in [3.8, 4) is 0 Å². The molecule has 0 unspecified atom stereocenters. The number of rotatable bonds is 3. The number of ether oxygens (including phenoxy) is 1. The fourth-order valence-electron chi connectivity index (χ4n) is 2.56. The summed E-state index contributed by atoms with van der Waals surface area (Å²) in [4.78, 5) is 0. The molecule has 0 radical (unpaired) electrons. The Balaban J connectivity index is 2.19. The number of hydrogen-bond donors (Lipinski definition) is 0. The maximum absolute atomic E-state index is 6.13. The molecule has 0 spiro atoms. The molecule has 0 N–H and O–H groups in total. The van der Waals surface area contributed by atoms with Crippen LogP contribution >= 0.6 is 0 Å². The zero-order valence-electron chi connectivity index (χ0n) is 12.4. The highest BCUT2D eigenvalue weighted by Gasteiger charge is 2.24. The van der Waals surface area contributed by atoms with Crippen molar-refractivity contribution in [3.05, 3.63) is 47.7 Å². The first-order valence-electron chi connectivity index (χ1n) is 7.42. The van der Waals surface area contributed by atoms with E-state index in [1.165, 1.54) is 24.8 Å². The van der Waals surface area contributed by atoms with Gasteiger partial charge in [-0.05, 0) is 18.4 Å². The average molecular weight is 274 g/mol. The molecule has 2 rings (SSSR count). The smallest absolute Gasteiger partial charge is 0.0887 e. The highest BCUT2D eigenvalue weighted by Crippen LogP contribution is 2.34. The molecule has 104 valence electrons. The van der Waals surface area contributed by atoms with Gasteiger partial charge in [0.05, 0.1) is 14.2 Å². The highest BCUT2D eigenvalue weighted by molar-refractivity contribution is 6.80. The zero-order valence-corrected chi connectivity index (χ0v) is 13.4. The minimum atomic E-state index is -1.12. The molecule has 1 aromatic carbocycles. The van der Waals surface area contributed by atoms with Crippen LogP contribution in [0.25, 0.3) is 0 Å². The van der Waals surface area contributed by atoms with Crippen LogP contribution in [-0.4, -0.2) is 14.7 Å². The van der Waals surface area contributed by atoms with E-state index >= 15 is 0 Å². The van der Waals surface area contributed by atoms with E-state index in [0.29, 0.717) is 5.92 Å². The summed E-state index contributed by atoms with van der Waals surface area (Å²) in [5.41, 5.74) is 3.80. The van der Waals surface area contributed by atoms with Crippen LogP contribution in [0, 0.1) is 5.92 Å². The lowest BCUT2D eigenvalue weighted by Gasteiger charge is -2.24. The molecule has 1 nitrogen and oxygen atoms in total. The van der Waals surface area contributed by atoms with Gasteiger partial charge in [0, 0.05) is 12.5 Å². The molecular formula is C17H26OSi. The molecule has 2 atom stereocenters. The molecule has 1 heterocycles. The van der Waals surface area contributed by atoms with E-state index in [1.807, 2.05) is 0 Å². The maximum atomic E-state index is 6.13. The van der Waals surface area contributed by atoms with E-state index < -0.39 is 8.07 Å². The van der Waals surface area contributed by atoms with Crippen molar-refractivity contribution in [3.63, 3.8) is 0 Å². The summed E-state index contributed by atoms with van der Waals surface area (Å²) in [6.45, 7) is 8.06. The van der Waals surface area contributed by atoms with Crippen LogP contribution in [0.4, 0.5) is 0 Å². The quantitative estimate of drug-likeness (QED) is 0.706. The maximum Gasteiger partial charge on any atom is 0.0887 e. The van der Waals surface area contributed by atoms with Gasteiger partial charge < -0.3 is 4.74 Å². The number of hydrogen-bond acceptors (Lipinski definition) is 1. The van der Waals surface area contributed by atoms with Gasteiger partial charge in [0.25, 0.3) is 0 Å². The molecule has 0 bridgehead atoms. The van der Waals surface area contributed by atoms with Gasteiger partial charge in [0.1, 0.15) is 0 Å². The van der Waals surface area contributed by atoms with E-state index in [2.05, 4.69) is 61.7 Å². The third-order valence-electron chi connectivity index (χ3n) is 3.59. The fourth-order valence-corrected chi connectivity index (χ4v) is 3.39. The molecule has 0 aromatic heterocycles. The third-order valence-corrected chi connectivity index (χ3v) is 4.78. The van der Waals surface area contributed by atoms with Crippen molar-refractivity contribution >= 4 is 8.07 Å². The van der Waals surface area contributed by atoms with Crippen molar-refractivity contribution in [1.29, 1.82) is 0 Å². The van der Waals surface area contributed by atoms with E-state index in [-0.39, 0.29) is 6.10 Å². The van der Waals surface area contributed by atoms with Crippen LogP contribution in [-0.2, 0) is 4.74 Å². The van der Waals surface area contributed by atoms with Crippen molar-refractivity contribution in [2.45, 2.75) is 45.0 Å². The van der Waals surface area contributed by atoms with Crippen molar-refractivity contribution in [2.75, 3.05) is 6.61 Å². The van der Waals surface area contributed by atoms with Crippen LogP contribution in [0.15, 0.2) is 42.1 Å². The van der Waals surface area contributed by atoms with Crippen LogP contribution in [0.5, 0.6) is 0 Å². The largest absolute Gasteiger partial charge is 0.373 e.